The lowest BCUT2D eigenvalue weighted by atomic mass is 10.1. The van der Waals surface area contributed by atoms with Crippen molar-refractivity contribution in [2.45, 2.75) is 40.3 Å². The molecule has 0 aromatic carbocycles. The van der Waals surface area contributed by atoms with E-state index >= 15 is 0 Å². The number of nitrogens with zero attached hydrogens (tertiary/aromatic N) is 3. The van der Waals surface area contributed by atoms with E-state index in [1.54, 1.807) is 0 Å². The van der Waals surface area contributed by atoms with E-state index in [1.165, 1.54) is 11.1 Å². The largest absolute Gasteiger partial charge is 0.313 e. The number of hydrogen-bond acceptors (Lipinski definition) is 3. The highest BCUT2D eigenvalue weighted by Gasteiger charge is 2.08. The molecule has 0 aliphatic rings. The first kappa shape index (κ1) is 13.7. The first-order valence-corrected chi connectivity index (χ1v) is 6.93. The van der Waals surface area contributed by atoms with Crippen molar-refractivity contribution < 1.29 is 0 Å². The van der Waals surface area contributed by atoms with Crippen molar-refractivity contribution in [3.05, 3.63) is 35.9 Å². The van der Waals surface area contributed by atoms with Gasteiger partial charge in [0.05, 0.1) is 5.69 Å². The maximum atomic E-state index is 4.54. The Bertz CT molecular complexity index is 531. The molecule has 2 heterocycles. The molecule has 1 N–H and O–H groups in total. The predicted molar refractivity (Wildman–Crippen MR) is 77.9 cm³/mol. The third-order valence-corrected chi connectivity index (χ3v) is 3.08. The van der Waals surface area contributed by atoms with Crippen LogP contribution in [0.25, 0.3) is 11.1 Å². The fraction of sp³-hybridized carbons (Fsp3) is 0.467. The van der Waals surface area contributed by atoms with Gasteiger partial charge < -0.3 is 5.32 Å². The fourth-order valence-electron chi connectivity index (χ4n) is 2.15. The lowest BCUT2D eigenvalue weighted by Crippen LogP contribution is -2.11. The number of rotatable bonds is 6. The summed E-state index contributed by atoms with van der Waals surface area (Å²) in [5.74, 6) is 0. The molecule has 4 heteroatoms. The molecule has 0 saturated heterocycles. The Morgan fingerprint density at radius 1 is 1.26 bits per heavy atom. The lowest BCUT2D eigenvalue weighted by Gasteiger charge is -2.04. The van der Waals surface area contributed by atoms with Crippen LogP contribution in [0.1, 0.15) is 31.5 Å². The van der Waals surface area contributed by atoms with Crippen molar-refractivity contribution in [1.29, 1.82) is 0 Å². The summed E-state index contributed by atoms with van der Waals surface area (Å²) in [6, 6.07) is 2.19. The number of hydrogen-bond donors (Lipinski definition) is 1. The van der Waals surface area contributed by atoms with Gasteiger partial charge in [0.25, 0.3) is 0 Å². The summed E-state index contributed by atoms with van der Waals surface area (Å²) >= 11 is 0. The van der Waals surface area contributed by atoms with Gasteiger partial charge in [-0.2, -0.15) is 5.10 Å². The quantitative estimate of drug-likeness (QED) is 0.866. The van der Waals surface area contributed by atoms with Crippen molar-refractivity contribution in [3.63, 3.8) is 0 Å². The zero-order chi connectivity index (χ0) is 13.7. The Kier molecular flexibility index (Phi) is 4.68. The Balaban J connectivity index is 2.25. The molecule has 0 amide bonds. The second kappa shape index (κ2) is 6.48. The molecule has 19 heavy (non-hydrogen) atoms. The summed E-state index contributed by atoms with van der Waals surface area (Å²) in [4.78, 5) is 4.33. The van der Waals surface area contributed by atoms with Gasteiger partial charge in [-0.15, -0.1) is 0 Å². The van der Waals surface area contributed by atoms with E-state index in [2.05, 4.69) is 48.4 Å². The summed E-state index contributed by atoms with van der Waals surface area (Å²) in [6.07, 6.45) is 7.04. The molecule has 0 atom stereocenters. The normalized spacial score (nSPS) is 10.9. The minimum atomic E-state index is 0.861. The molecular formula is C15H22N4. The van der Waals surface area contributed by atoms with E-state index in [0.29, 0.717) is 0 Å². The molecule has 0 spiro atoms. The average molecular weight is 258 g/mol. The predicted octanol–water partition coefficient (Wildman–Crippen LogP) is 2.77. The first-order valence-electron chi connectivity index (χ1n) is 6.93. The monoisotopic (exact) mass is 258 g/mol. The van der Waals surface area contributed by atoms with Crippen LogP contribution in [0.5, 0.6) is 0 Å². The first-order chi connectivity index (χ1) is 9.24. The summed E-state index contributed by atoms with van der Waals surface area (Å²) < 4.78 is 2.02. The van der Waals surface area contributed by atoms with Crippen LogP contribution in [-0.4, -0.2) is 21.3 Å². The van der Waals surface area contributed by atoms with Crippen LogP contribution in [0, 0.1) is 6.92 Å². The van der Waals surface area contributed by atoms with Crippen LogP contribution in [0.4, 0.5) is 0 Å². The molecule has 102 valence electrons. The van der Waals surface area contributed by atoms with E-state index in [-0.39, 0.29) is 0 Å². The molecule has 0 saturated carbocycles. The molecule has 2 aromatic rings. The summed E-state index contributed by atoms with van der Waals surface area (Å²) in [5, 5.41) is 7.86. The molecule has 0 aliphatic carbocycles. The Morgan fingerprint density at radius 3 is 2.84 bits per heavy atom. The summed E-state index contributed by atoms with van der Waals surface area (Å²) in [5.41, 5.74) is 4.60. The topological polar surface area (TPSA) is 42.7 Å². The molecule has 2 aromatic heterocycles. The van der Waals surface area contributed by atoms with Gasteiger partial charge in [0.2, 0.25) is 0 Å². The third kappa shape index (κ3) is 3.41. The fourth-order valence-corrected chi connectivity index (χ4v) is 2.15. The molecular weight excluding hydrogens is 236 g/mol. The second-order valence-electron chi connectivity index (χ2n) is 4.75. The van der Waals surface area contributed by atoms with Crippen molar-refractivity contribution in [2.24, 2.45) is 0 Å². The van der Waals surface area contributed by atoms with Crippen LogP contribution >= 0.6 is 0 Å². The van der Waals surface area contributed by atoms with E-state index in [1.807, 2.05) is 17.1 Å². The van der Waals surface area contributed by atoms with Gasteiger partial charge >= 0.3 is 0 Å². The third-order valence-electron chi connectivity index (χ3n) is 3.08. The smallest absolute Gasteiger partial charge is 0.0672 e. The van der Waals surface area contributed by atoms with E-state index < -0.39 is 0 Å². The molecule has 2 rings (SSSR count). The van der Waals surface area contributed by atoms with Gasteiger partial charge in [0.1, 0.15) is 0 Å². The van der Waals surface area contributed by atoms with Gasteiger partial charge in [-0.1, -0.05) is 13.8 Å². The number of nitrogens with one attached hydrogen (secondary N) is 1. The van der Waals surface area contributed by atoms with Crippen molar-refractivity contribution >= 4 is 0 Å². The zero-order valence-corrected chi connectivity index (χ0v) is 12.0. The van der Waals surface area contributed by atoms with Gasteiger partial charge in [-0.3, -0.25) is 9.67 Å². The van der Waals surface area contributed by atoms with Gasteiger partial charge in [-0.05, 0) is 31.5 Å². The van der Waals surface area contributed by atoms with Crippen LogP contribution in [0.2, 0.25) is 0 Å². The second-order valence-corrected chi connectivity index (χ2v) is 4.75. The molecule has 0 radical (unpaired) electrons. The Labute approximate surface area is 114 Å². The Morgan fingerprint density at radius 2 is 2.11 bits per heavy atom. The number of aryl methyl sites for hydroxylation is 2. The summed E-state index contributed by atoms with van der Waals surface area (Å²) in [7, 11) is 0. The number of aromatic nitrogens is 3. The highest BCUT2D eigenvalue weighted by molar-refractivity contribution is 5.64. The highest BCUT2D eigenvalue weighted by Crippen LogP contribution is 2.22. The van der Waals surface area contributed by atoms with Crippen LogP contribution in [-0.2, 0) is 13.1 Å². The maximum Gasteiger partial charge on any atom is 0.0672 e. The van der Waals surface area contributed by atoms with E-state index in [9.17, 15) is 0 Å². The average Bonchev–Trinajstić information content (AvgIpc) is 2.78. The van der Waals surface area contributed by atoms with Crippen LogP contribution in [0.15, 0.2) is 24.7 Å². The zero-order valence-electron chi connectivity index (χ0n) is 12.0. The lowest BCUT2D eigenvalue weighted by molar-refractivity contribution is 0.598. The van der Waals surface area contributed by atoms with E-state index in [0.717, 1.165) is 37.3 Å². The Hall–Kier alpha value is -1.68. The highest BCUT2D eigenvalue weighted by atomic mass is 15.3. The number of pyridine rings is 1. The SMILES string of the molecule is CCCn1cc(-c2cncc(CNCC)c2)c(C)n1. The van der Waals surface area contributed by atoms with Crippen molar-refractivity contribution in [1.82, 2.24) is 20.1 Å². The van der Waals surface area contributed by atoms with Gasteiger partial charge in [0, 0.05) is 42.8 Å². The van der Waals surface area contributed by atoms with Crippen LogP contribution in [0.3, 0.4) is 0 Å². The summed E-state index contributed by atoms with van der Waals surface area (Å²) in [6.45, 7) is 9.12. The van der Waals surface area contributed by atoms with Gasteiger partial charge in [0.15, 0.2) is 0 Å². The molecule has 4 nitrogen and oxygen atoms in total. The van der Waals surface area contributed by atoms with Gasteiger partial charge in [-0.25, -0.2) is 0 Å². The van der Waals surface area contributed by atoms with E-state index in [4.69, 9.17) is 0 Å². The van der Waals surface area contributed by atoms with Crippen LogP contribution < -0.4 is 5.32 Å². The molecule has 0 unspecified atom stereocenters. The minimum absolute atomic E-state index is 0.861. The maximum absolute atomic E-state index is 4.54. The minimum Gasteiger partial charge on any atom is -0.313 e. The molecule has 0 bridgehead atoms. The molecule has 0 aliphatic heterocycles. The van der Waals surface area contributed by atoms with Crippen molar-refractivity contribution in [3.8, 4) is 11.1 Å². The standard InChI is InChI=1S/C15H22N4/c1-4-6-19-11-15(12(3)18-19)14-7-13(8-16-5-2)9-17-10-14/h7,9-11,16H,4-6,8H2,1-3H3. The van der Waals surface area contributed by atoms with Crippen molar-refractivity contribution in [2.75, 3.05) is 6.54 Å². The molecule has 0 fully saturated rings.